The fourth-order valence-electron chi connectivity index (χ4n) is 2.57. The molecular weight excluding hydrogens is 212 g/mol. The van der Waals surface area contributed by atoms with E-state index in [2.05, 4.69) is 20.2 Å². The van der Waals surface area contributed by atoms with Crippen LogP contribution in [0.2, 0.25) is 5.02 Å². The highest BCUT2D eigenvalue weighted by atomic mass is 35.5. The van der Waals surface area contributed by atoms with Crippen molar-refractivity contribution in [1.82, 2.24) is 15.3 Å². The highest BCUT2D eigenvalue weighted by Crippen LogP contribution is 2.32. The topological polar surface area (TPSA) is 41.1 Å². The molecule has 2 aliphatic rings. The van der Waals surface area contributed by atoms with Crippen LogP contribution in [0.5, 0.6) is 0 Å². The Morgan fingerprint density at radius 1 is 1.33 bits per heavy atom. The molecule has 1 aromatic heterocycles. The second-order valence-electron chi connectivity index (χ2n) is 4.28. The van der Waals surface area contributed by atoms with E-state index in [0.29, 0.717) is 5.02 Å². The van der Waals surface area contributed by atoms with E-state index < -0.39 is 0 Å². The van der Waals surface area contributed by atoms with Crippen LogP contribution >= 0.6 is 11.6 Å². The summed E-state index contributed by atoms with van der Waals surface area (Å²) in [5.41, 5.74) is 0. The Labute approximate surface area is 93.7 Å². The van der Waals surface area contributed by atoms with Gasteiger partial charge in [-0.15, -0.1) is 0 Å². The van der Waals surface area contributed by atoms with E-state index >= 15 is 0 Å². The summed E-state index contributed by atoms with van der Waals surface area (Å²) in [4.78, 5) is 10.4. The minimum absolute atomic E-state index is 0.658. The molecule has 15 heavy (non-hydrogen) atoms. The van der Waals surface area contributed by atoms with Crippen LogP contribution < -0.4 is 10.2 Å². The van der Waals surface area contributed by atoms with Gasteiger partial charge >= 0.3 is 0 Å². The molecule has 2 saturated heterocycles. The number of rotatable bonds is 1. The van der Waals surface area contributed by atoms with Gasteiger partial charge in [0, 0.05) is 26.2 Å². The smallest absolute Gasteiger partial charge is 0.150 e. The van der Waals surface area contributed by atoms with Gasteiger partial charge in [-0.1, -0.05) is 11.6 Å². The second kappa shape index (κ2) is 3.61. The number of nitrogens with zero attached hydrogens (tertiary/aromatic N) is 3. The minimum atomic E-state index is 0.658. The molecule has 4 nitrogen and oxygen atoms in total. The van der Waals surface area contributed by atoms with Crippen LogP contribution in [-0.4, -0.2) is 36.1 Å². The fraction of sp³-hybridized carbons (Fsp3) is 0.600. The van der Waals surface area contributed by atoms with Crippen LogP contribution in [0.15, 0.2) is 12.5 Å². The van der Waals surface area contributed by atoms with Gasteiger partial charge in [0.1, 0.15) is 11.3 Å². The van der Waals surface area contributed by atoms with Crippen molar-refractivity contribution in [2.75, 3.05) is 31.1 Å². The number of nitrogens with one attached hydrogen (secondary N) is 1. The van der Waals surface area contributed by atoms with Crippen molar-refractivity contribution < 1.29 is 0 Å². The summed E-state index contributed by atoms with van der Waals surface area (Å²) in [6, 6.07) is 0. The summed E-state index contributed by atoms with van der Waals surface area (Å²) < 4.78 is 0. The van der Waals surface area contributed by atoms with Gasteiger partial charge in [0.25, 0.3) is 0 Å². The Kier molecular flexibility index (Phi) is 2.25. The van der Waals surface area contributed by atoms with Crippen LogP contribution in [0.3, 0.4) is 0 Å². The van der Waals surface area contributed by atoms with E-state index in [-0.39, 0.29) is 0 Å². The molecule has 3 rings (SSSR count). The van der Waals surface area contributed by atoms with Gasteiger partial charge in [-0.05, 0) is 11.8 Å². The molecule has 0 amide bonds. The van der Waals surface area contributed by atoms with E-state index in [9.17, 15) is 0 Å². The number of halogens is 1. The summed E-state index contributed by atoms with van der Waals surface area (Å²) in [6.45, 7) is 4.39. The van der Waals surface area contributed by atoms with Gasteiger partial charge in [-0.25, -0.2) is 9.97 Å². The molecule has 0 radical (unpaired) electrons. The average Bonchev–Trinajstić information content (AvgIpc) is 2.77. The number of anilines is 1. The molecule has 0 unspecified atom stereocenters. The highest BCUT2D eigenvalue weighted by molar-refractivity contribution is 6.32. The Bertz CT molecular complexity index is 358. The van der Waals surface area contributed by atoms with Crippen molar-refractivity contribution in [2.45, 2.75) is 0 Å². The van der Waals surface area contributed by atoms with E-state index in [0.717, 1.165) is 43.8 Å². The van der Waals surface area contributed by atoms with Crippen LogP contribution in [0.1, 0.15) is 0 Å². The van der Waals surface area contributed by atoms with Gasteiger partial charge in [0.05, 0.1) is 6.20 Å². The molecule has 80 valence electrons. The molecule has 0 spiro atoms. The van der Waals surface area contributed by atoms with E-state index in [1.165, 1.54) is 0 Å². The van der Waals surface area contributed by atoms with Crippen LogP contribution in [-0.2, 0) is 0 Å². The predicted molar refractivity (Wildman–Crippen MR) is 59.1 cm³/mol. The lowest BCUT2D eigenvalue weighted by Gasteiger charge is -2.18. The summed E-state index contributed by atoms with van der Waals surface area (Å²) >= 11 is 6.08. The maximum atomic E-state index is 6.08. The monoisotopic (exact) mass is 224 g/mol. The van der Waals surface area contributed by atoms with Gasteiger partial charge in [0.2, 0.25) is 0 Å². The molecule has 0 saturated carbocycles. The third-order valence-electron chi connectivity index (χ3n) is 3.34. The first-order chi connectivity index (χ1) is 7.34. The standard InChI is InChI=1S/C10H13ClN4/c11-9-3-13-6-14-10(9)15-4-7-1-12-2-8(7)5-15/h3,6-8,12H,1-2,4-5H2/t7-,8+. The molecule has 5 heteroatoms. The van der Waals surface area contributed by atoms with Crippen molar-refractivity contribution >= 4 is 17.4 Å². The SMILES string of the molecule is Clc1cncnc1N1C[C@H]2CNC[C@H]2C1. The first-order valence-electron chi connectivity index (χ1n) is 5.26. The van der Waals surface area contributed by atoms with Crippen molar-refractivity contribution in [3.05, 3.63) is 17.5 Å². The summed E-state index contributed by atoms with van der Waals surface area (Å²) in [7, 11) is 0. The van der Waals surface area contributed by atoms with Crippen molar-refractivity contribution in [3.8, 4) is 0 Å². The lowest BCUT2D eigenvalue weighted by Crippen LogP contribution is -2.26. The number of hydrogen-bond acceptors (Lipinski definition) is 4. The van der Waals surface area contributed by atoms with Crippen molar-refractivity contribution in [1.29, 1.82) is 0 Å². The number of aromatic nitrogens is 2. The number of fused-ring (bicyclic) bond motifs is 1. The van der Waals surface area contributed by atoms with E-state index in [1.807, 2.05) is 0 Å². The van der Waals surface area contributed by atoms with E-state index in [4.69, 9.17) is 11.6 Å². The lowest BCUT2D eigenvalue weighted by atomic mass is 10.0. The first-order valence-corrected chi connectivity index (χ1v) is 5.63. The molecule has 2 atom stereocenters. The Hall–Kier alpha value is -0.870. The van der Waals surface area contributed by atoms with E-state index in [1.54, 1.807) is 12.5 Å². The molecule has 2 fully saturated rings. The van der Waals surface area contributed by atoms with Gasteiger partial charge in [-0.2, -0.15) is 0 Å². The molecule has 1 N–H and O–H groups in total. The maximum absolute atomic E-state index is 6.08. The molecule has 2 aliphatic heterocycles. The quantitative estimate of drug-likeness (QED) is 0.766. The molecular formula is C10H13ClN4. The normalized spacial score (nSPS) is 29.5. The third kappa shape index (κ3) is 1.58. The maximum Gasteiger partial charge on any atom is 0.150 e. The summed E-state index contributed by atoms with van der Waals surface area (Å²) in [5.74, 6) is 2.41. The van der Waals surface area contributed by atoms with Crippen LogP contribution in [0.4, 0.5) is 5.82 Å². The molecule has 0 bridgehead atoms. The Morgan fingerprint density at radius 2 is 2.07 bits per heavy atom. The lowest BCUT2D eigenvalue weighted by molar-refractivity contribution is 0.533. The molecule has 3 heterocycles. The first kappa shape index (κ1) is 9.36. The fourth-order valence-corrected chi connectivity index (χ4v) is 2.79. The van der Waals surface area contributed by atoms with Crippen molar-refractivity contribution in [2.24, 2.45) is 11.8 Å². The largest absolute Gasteiger partial charge is 0.355 e. The summed E-state index contributed by atoms with van der Waals surface area (Å²) in [6.07, 6.45) is 3.23. The Balaban J connectivity index is 1.82. The second-order valence-corrected chi connectivity index (χ2v) is 4.68. The predicted octanol–water partition coefficient (Wildman–Crippen LogP) is 0.786. The summed E-state index contributed by atoms with van der Waals surface area (Å²) in [5, 5.41) is 4.08. The zero-order valence-electron chi connectivity index (χ0n) is 8.36. The molecule has 0 aliphatic carbocycles. The average molecular weight is 225 g/mol. The minimum Gasteiger partial charge on any atom is -0.355 e. The molecule has 1 aromatic rings. The van der Waals surface area contributed by atoms with Crippen molar-refractivity contribution in [3.63, 3.8) is 0 Å². The van der Waals surface area contributed by atoms with Gasteiger partial charge in [0.15, 0.2) is 5.82 Å². The highest BCUT2D eigenvalue weighted by Gasteiger charge is 2.37. The van der Waals surface area contributed by atoms with Gasteiger partial charge < -0.3 is 10.2 Å². The van der Waals surface area contributed by atoms with Crippen LogP contribution in [0, 0.1) is 11.8 Å². The Morgan fingerprint density at radius 3 is 2.73 bits per heavy atom. The van der Waals surface area contributed by atoms with Crippen LogP contribution in [0.25, 0.3) is 0 Å². The molecule has 0 aromatic carbocycles. The number of hydrogen-bond donors (Lipinski definition) is 1. The third-order valence-corrected chi connectivity index (χ3v) is 3.60. The zero-order valence-corrected chi connectivity index (χ0v) is 9.11. The van der Waals surface area contributed by atoms with Gasteiger partial charge in [-0.3, -0.25) is 0 Å². The zero-order chi connectivity index (χ0) is 10.3.